The van der Waals surface area contributed by atoms with Gasteiger partial charge in [-0.15, -0.1) is 0 Å². The van der Waals surface area contributed by atoms with E-state index in [1.165, 1.54) is 0 Å². The van der Waals surface area contributed by atoms with Gasteiger partial charge in [-0.1, -0.05) is 17.7 Å². The predicted molar refractivity (Wildman–Crippen MR) is 81.1 cm³/mol. The number of carbonyl (C=O) groups is 1. The molecule has 2 N–H and O–H groups in total. The van der Waals surface area contributed by atoms with Crippen molar-refractivity contribution in [1.29, 1.82) is 0 Å². The minimum Gasteiger partial charge on any atom is -0.465 e. The molecule has 1 aliphatic carbocycles. The standard InChI is InChI=1S/C15H20N2O4S/c1-10-2-4-14(5-3-10)22(20,21)17-9-12-7-13(17)6-11(12)8-16-15(18)19/h2-5,11-13,16H,6-9H2,1H3,(H,18,19)/t11?,12-,13-/m1/s1. The molecule has 0 aromatic heterocycles. The lowest BCUT2D eigenvalue weighted by molar-refractivity contribution is 0.187. The van der Waals surface area contributed by atoms with Crippen LogP contribution >= 0.6 is 0 Å². The van der Waals surface area contributed by atoms with Gasteiger partial charge in [0, 0.05) is 19.1 Å². The van der Waals surface area contributed by atoms with Gasteiger partial charge >= 0.3 is 6.09 Å². The quantitative estimate of drug-likeness (QED) is 0.882. The molecule has 3 rings (SSSR count). The third kappa shape index (κ3) is 2.70. The van der Waals surface area contributed by atoms with Crippen LogP contribution in [0.25, 0.3) is 0 Å². The summed E-state index contributed by atoms with van der Waals surface area (Å²) >= 11 is 0. The van der Waals surface area contributed by atoms with E-state index in [2.05, 4.69) is 5.32 Å². The third-order valence-corrected chi connectivity index (χ3v) is 6.71. The SMILES string of the molecule is Cc1ccc(S(=O)(=O)N2C[C@H]3C[C@H]2CC3CNC(=O)O)cc1. The third-order valence-electron chi connectivity index (χ3n) is 4.78. The smallest absolute Gasteiger partial charge is 0.404 e. The summed E-state index contributed by atoms with van der Waals surface area (Å²) in [4.78, 5) is 10.9. The molecule has 0 radical (unpaired) electrons. The maximum absolute atomic E-state index is 12.7. The highest BCUT2D eigenvalue weighted by Gasteiger charge is 2.49. The summed E-state index contributed by atoms with van der Waals surface area (Å²) in [5.41, 5.74) is 1.03. The maximum Gasteiger partial charge on any atom is 0.404 e. The molecule has 22 heavy (non-hydrogen) atoms. The molecule has 1 saturated carbocycles. The van der Waals surface area contributed by atoms with E-state index in [4.69, 9.17) is 5.11 Å². The number of sulfonamides is 1. The highest BCUT2D eigenvalue weighted by atomic mass is 32.2. The fourth-order valence-electron chi connectivity index (χ4n) is 3.63. The van der Waals surface area contributed by atoms with E-state index in [0.29, 0.717) is 18.0 Å². The second-order valence-electron chi connectivity index (χ2n) is 6.22. The van der Waals surface area contributed by atoms with E-state index in [1.54, 1.807) is 28.6 Å². The van der Waals surface area contributed by atoms with Gasteiger partial charge in [-0.2, -0.15) is 4.31 Å². The molecular formula is C15H20N2O4S. The van der Waals surface area contributed by atoms with Crippen molar-refractivity contribution in [2.45, 2.75) is 30.7 Å². The number of rotatable bonds is 4. The lowest BCUT2D eigenvalue weighted by Crippen LogP contribution is -2.42. The molecule has 1 saturated heterocycles. The second-order valence-corrected chi connectivity index (χ2v) is 8.11. The number of nitrogens with zero attached hydrogens (tertiary/aromatic N) is 1. The van der Waals surface area contributed by atoms with Crippen LogP contribution in [0.1, 0.15) is 18.4 Å². The summed E-state index contributed by atoms with van der Waals surface area (Å²) < 4.78 is 27.0. The van der Waals surface area contributed by atoms with Crippen molar-refractivity contribution in [3.8, 4) is 0 Å². The number of amides is 1. The molecule has 6 nitrogen and oxygen atoms in total. The minimum absolute atomic E-state index is 0.00287. The summed E-state index contributed by atoms with van der Waals surface area (Å²) in [6, 6.07) is 6.92. The van der Waals surface area contributed by atoms with Gasteiger partial charge in [-0.05, 0) is 43.7 Å². The molecule has 120 valence electrons. The first-order chi connectivity index (χ1) is 10.4. The normalized spacial score (nSPS) is 28.0. The Morgan fingerprint density at radius 1 is 1.32 bits per heavy atom. The van der Waals surface area contributed by atoms with E-state index < -0.39 is 16.1 Å². The van der Waals surface area contributed by atoms with Crippen LogP contribution < -0.4 is 5.32 Å². The van der Waals surface area contributed by atoms with Gasteiger partial charge in [-0.3, -0.25) is 0 Å². The van der Waals surface area contributed by atoms with Gasteiger partial charge in [0.25, 0.3) is 0 Å². The zero-order valence-corrected chi connectivity index (χ0v) is 13.2. The minimum atomic E-state index is -3.44. The number of fused-ring (bicyclic) bond motifs is 2. The first-order valence-electron chi connectivity index (χ1n) is 7.43. The van der Waals surface area contributed by atoms with Gasteiger partial charge in [0.2, 0.25) is 10.0 Å². The number of carboxylic acid groups (broad SMARTS) is 1. The Morgan fingerprint density at radius 2 is 2.00 bits per heavy atom. The van der Waals surface area contributed by atoms with Crippen molar-refractivity contribution in [2.75, 3.05) is 13.1 Å². The summed E-state index contributed by atoms with van der Waals surface area (Å²) in [5, 5.41) is 11.1. The van der Waals surface area contributed by atoms with E-state index in [1.807, 2.05) is 6.92 Å². The van der Waals surface area contributed by atoms with Crippen molar-refractivity contribution in [2.24, 2.45) is 11.8 Å². The zero-order valence-electron chi connectivity index (χ0n) is 12.4. The molecule has 1 aromatic carbocycles. The van der Waals surface area contributed by atoms with E-state index in [-0.39, 0.29) is 17.9 Å². The summed E-state index contributed by atoms with van der Waals surface area (Å²) in [6.07, 6.45) is 0.541. The average molecular weight is 324 g/mol. The highest BCUT2D eigenvalue weighted by molar-refractivity contribution is 7.89. The fraction of sp³-hybridized carbons (Fsp3) is 0.533. The Balaban J connectivity index is 1.71. The van der Waals surface area contributed by atoms with E-state index in [9.17, 15) is 13.2 Å². The molecule has 3 atom stereocenters. The second kappa shape index (κ2) is 5.55. The van der Waals surface area contributed by atoms with Crippen LogP contribution in [0.15, 0.2) is 29.2 Å². The maximum atomic E-state index is 12.7. The molecule has 2 fully saturated rings. The molecule has 1 aromatic rings. The van der Waals surface area contributed by atoms with Gasteiger partial charge in [-0.25, -0.2) is 13.2 Å². The van der Waals surface area contributed by atoms with Gasteiger partial charge in [0.1, 0.15) is 0 Å². The molecule has 1 amide bonds. The van der Waals surface area contributed by atoms with Crippen LogP contribution in [0.4, 0.5) is 4.79 Å². The van der Waals surface area contributed by atoms with Gasteiger partial charge in [0.15, 0.2) is 0 Å². The van der Waals surface area contributed by atoms with Crippen molar-refractivity contribution < 1.29 is 18.3 Å². The van der Waals surface area contributed by atoms with Gasteiger partial charge < -0.3 is 10.4 Å². The fourth-order valence-corrected chi connectivity index (χ4v) is 5.33. The molecule has 1 heterocycles. The monoisotopic (exact) mass is 324 g/mol. The summed E-state index contributed by atoms with van der Waals surface area (Å²) in [5.74, 6) is 0.489. The Bertz CT molecular complexity index is 671. The highest BCUT2D eigenvalue weighted by Crippen LogP contribution is 2.44. The molecule has 0 spiro atoms. The Morgan fingerprint density at radius 3 is 2.55 bits per heavy atom. The van der Waals surface area contributed by atoms with E-state index >= 15 is 0 Å². The Labute approximate surface area is 130 Å². The molecule has 2 bridgehead atoms. The van der Waals surface area contributed by atoms with Crippen LogP contribution in [0.2, 0.25) is 0 Å². The molecular weight excluding hydrogens is 304 g/mol. The first-order valence-corrected chi connectivity index (χ1v) is 8.87. The van der Waals surface area contributed by atoms with Crippen LogP contribution in [0, 0.1) is 18.8 Å². The predicted octanol–water partition coefficient (Wildman–Crippen LogP) is 1.66. The Kier molecular flexibility index (Phi) is 3.86. The van der Waals surface area contributed by atoms with Gasteiger partial charge in [0.05, 0.1) is 4.90 Å². The first kappa shape index (κ1) is 15.3. The molecule has 1 unspecified atom stereocenters. The number of benzene rings is 1. The molecule has 1 aliphatic heterocycles. The largest absolute Gasteiger partial charge is 0.465 e. The summed E-state index contributed by atoms with van der Waals surface area (Å²) in [6.45, 7) is 2.83. The number of hydrogen-bond acceptors (Lipinski definition) is 3. The van der Waals surface area contributed by atoms with Crippen LogP contribution in [-0.4, -0.2) is 43.1 Å². The lowest BCUT2D eigenvalue weighted by Gasteiger charge is -2.30. The van der Waals surface area contributed by atoms with Crippen molar-refractivity contribution in [3.05, 3.63) is 29.8 Å². The number of aryl methyl sites for hydroxylation is 1. The number of piperidine rings is 1. The lowest BCUT2D eigenvalue weighted by atomic mass is 9.95. The van der Waals surface area contributed by atoms with E-state index in [0.717, 1.165) is 18.4 Å². The number of hydrogen-bond donors (Lipinski definition) is 2. The Hall–Kier alpha value is -1.60. The molecule has 2 aliphatic rings. The molecule has 7 heteroatoms. The average Bonchev–Trinajstić information content (AvgIpc) is 3.05. The topological polar surface area (TPSA) is 86.7 Å². The van der Waals surface area contributed by atoms with Crippen LogP contribution in [0.5, 0.6) is 0 Å². The van der Waals surface area contributed by atoms with Crippen LogP contribution in [0.3, 0.4) is 0 Å². The zero-order chi connectivity index (χ0) is 15.9. The number of nitrogens with one attached hydrogen (secondary N) is 1. The van der Waals surface area contributed by atoms with Crippen molar-refractivity contribution in [1.82, 2.24) is 9.62 Å². The summed E-state index contributed by atoms with van der Waals surface area (Å²) in [7, 11) is -3.44. The van der Waals surface area contributed by atoms with Crippen LogP contribution in [-0.2, 0) is 10.0 Å². The van der Waals surface area contributed by atoms with Crippen molar-refractivity contribution >= 4 is 16.1 Å². The van der Waals surface area contributed by atoms with Crippen molar-refractivity contribution in [3.63, 3.8) is 0 Å².